The van der Waals surface area contributed by atoms with Gasteiger partial charge in [0.05, 0.1) is 17.1 Å². The molecule has 0 bridgehead atoms. The van der Waals surface area contributed by atoms with Crippen molar-refractivity contribution < 1.29 is 10.2 Å². The molecule has 0 saturated carbocycles. The van der Waals surface area contributed by atoms with Gasteiger partial charge in [-0.05, 0) is 33.6 Å². The second-order valence-electron chi connectivity index (χ2n) is 4.20. The van der Waals surface area contributed by atoms with Gasteiger partial charge in [-0.3, -0.25) is 4.90 Å². The molecule has 1 aromatic rings. The van der Waals surface area contributed by atoms with Gasteiger partial charge < -0.3 is 15.5 Å². The Hall–Kier alpha value is -0.620. The van der Waals surface area contributed by atoms with Crippen LogP contribution in [0.1, 0.15) is 11.6 Å². The average Bonchev–Trinajstić information content (AvgIpc) is 2.36. The Bertz CT molecular complexity index is 381. The minimum Gasteiger partial charge on any atom is -0.507 e. The third-order valence-electron chi connectivity index (χ3n) is 3.12. The Labute approximate surface area is 109 Å². The third-order valence-corrected chi connectivity index (χ3v) is 3.76. The molecule has 3 N–H and O–H groups in total. The summed E-state index contributed by atoms with van der Waals surface area (Å²) in [7, 11) is 0. The lowest BCUT2D eigenvalue weighted by atomic mass is 10.1. The number of benzene rings is 1. The predicted octanol–water partition coefficient (Wildman–Crippen LogP) is 1.09. The minimum absolute atomic E-state index is 0.00833. The lowest BCUT2D eigenvalue weighted by molar-refractivity contribution is 0.111. The summed E-state index contributed by atoms with van der Waals surface area (Å²) in [6, 6.07) is 5.40. The van der Waals surface area contributed by atoms with E-state index >= 15 is 0 Å². The van der Waals surface area contributed by atoms with Crippen molar-refractivity contribution in [3.63, 3.8) is 0 Å². The average molecular weight is 301 g/mol. The van der Waals surface area contributed by atoms with E-state index < -0.39 is 0 Å². The van der Waals surface area contributed by atoms with E-state index in [1.54, 1.807) is 6.07 Å². The maximum atomic E-state index is 9.55. The Morgan fingerprint density at radius 2 is 2.06 bits per heavy atom. The summed E-state index contributed by atoms with van der Waals surface area (Å²) >= 11 is 3.31. The highest BCUT2D eigenvalue weighted by molar-refractivity contribution is 9.10. The fourth-order valence-electron chi connectivity index (χ4n) is 2.16. The summed E-state index contributed by atoms with van der Waals surface area (Å²) in [6.07, 6.45) is 0. The summed E-state index contributed by atoms with van der Waals surface area (Å²) in [6.45, 7) is 3.87. The van der Waals surface area contributed by atoms with Gasteiger partial charge in [0.1, 0.15) is 5.75 Å². The fraction of sp³-hybridized carbons (Fsp3) is 0.500. The zero-order valence-electron chi connectivity index (χ0n) is 9.56. The second kappa shape index (κ2) is 5.82. The van der Waals surface area contributed by atoms with Gasteiger partial charge in [0.2, 0.25) is 0 Å². The Morgan fingerprint density at radius 1 is 1.35 bits per heavy atom. The zero-order valence-corrected chi connectivity index (χ0v) is 11.2. The van der Waals surface area contributed by atoms with Crippen molar-refractivity contribution in [1.82, 2.24) is 10.2 Å². The molecule has 0 unspecified atom stereocenters. The van der Waals surface area contributed by atoms with Crippen molar-refractivity contribution in [1.29, 1.82) is 0 Å². The molecule has 0 aromatic heterocycles. The summed E-state index contributed by atoms with van der Waals surface area (Å²) in [5.41, 5.74) is 1.03. The first-order valence-electron chi connectivity index (χ1n) is 5.76. The lowest BCUT2D eigenvalue weighted by Gasteiger charge is -2.34. The lowest BCUT2D eigenvalue weighted by Crippen LogP contribution is -2.46. The van der Waals surface area contributed by atoms with E-state index in [1.165, 1.54) is 0 Å². The van der Waals surface area contributed by atoms with E-state index in [0.717, 1.165) is 31.7 Å². The summed E-state index contributed by atoms with van der Waals surface area (Å²) in [5, 5.41) is 22.3. The second-order valence-corrected chi connectivity index (χ2v) is 5.05. The number of hydrogen-bond acceptors (Lipinski definition) is 4. The van der Waals surface area contributed by atoms with Crippen molar-refractivity contribution in [2.45, 2.75) is 6.04 Å². The molecule has 1 saturated heterocycles. The molecule has 1 heterocycles. The number of phenols is 1. The Balaban J connectivity index is 2.18. The van der Waals surface area contributed by atoms with E-state index in [0.29, 0.717) is 4.47 Å². The number of halogens is 1. The van der Waals surface area contributed by atoms with Gasteiger partial charge in [-0.15, -0.1) is 0 Å². The number of aliphatic hydroxyl groups is 1. The molecule has 0 radical (unpaired) electrons. The van der Waals surface area contributed by atoms with E-state index in [2.05, 4.69) is 26.1 Å². The number of aromatic hydroxyl groups is 1. The maximum absolute atomic E-state index is 9.55. The van der Waals surface area contributed by atoms with Gasteiger partial charge in [0.15, 0.2) is 0 Å². The zero-order chi connectivity index (χ0) is 12.3. The van der Waals surface area contributed by atoms with E-state index in [9.17, 15) is 10.2 Å². The maximum Gasteiger partial charge on any atom is 0.129 e. The number of hydrogen-bond donors (Lipinski definition) is 3. The first-order valence-corrected chi connectivity index (χ1v) is 6.55. The van der Waals surface area contributed by atoms with E-state index in [1.807, 2.05) is 12.1 Å². The number of aliphatic hydroxyl groups excluding tert-OH is 1. The summed E-state index contributed by atoms with van der Waals surface area (Å²) in [4.78, 5) is 2.26. The molecule has 0 amide bonds. The molecule has 0 aliphatic carbocycles. The standard InChI is InChI=1S/C12H17BrN2O2/c13-10-7-9(1-2-12(10)17)11(8-16)15-5-3-14-4-6-15/h1-2,7,11,14,16-17H,3-6,8H2/t11-/m1/s1. The topological polar surface area (TPSA) is 55.7 Å². The van der Waals surface area contributed by atoms with Crippen LogP contribution in [0.4, 0.5) is 0 Å². The highest BCUT2D eigenvalue weighted by Gasteiger charge is 2.21. The SMILES string of the molecule is OC[C@H](c1ccc(O)c(Br)c1)N1CCNCC1. The first kappa shape index (κ1) is 12.8. The number of nitrogens with zero attached hydrogens (tertiary/aromatic N) is 1. The normalized spacial score (nSPS) is 19.2. The van der Waals surface area contributed by atoms with Gasteiger partial charge in [0, 0.05) is 26.2 Å². The molecule has 1 aliphatic heterocycles. The summed E-state index contributed by atoms with van der Waals surface area (Å²) in [5.74, 6) is 0.228. The third kappa shape index (κ3) is 2.98. The van der Waals surface area contributed by atoms with Crippen LogP contribution < -0.4 is 5.32 Å². The van der Waals surface area contributed by atoms with Crippen LogP contribution in [0.15, 0.2) is 22.7 Å². The van der Waals surface area contributed by atoms with Crippen molar-refractivity contribution in [3.05, 3.63) is 28.2 Å². The van der Waals surface area contributed by atoms with Crippen molar-refractivity contribution >= 4 is 15.9 Å². The van der Waals surface area contributed by atoms with E-state index in [4.69, 9.17) is 0 Å². The van der Waals surface area contributed by atoms with Crippen LogP contribution in [0.2, 0.25) is 0 Å². The highest BCUT2D eigenvalue weighted by Crippen LogP contribution is 2.29. The fourth-order valence-corrected chi connectivity index (χ4v) is 2.55. The van der Waals surface area contributed by atoms with Gasteiger partial charge >= 0.3 is 0 Å². The molecule has 1 aliphatic rings. The molecule has 4 nitrogen and oxygen atoms in total. The van der Waals surface area contributed by atoms with Crippen LogP contribution in [0, 0.1) is 0 Å². The van der Waals surface area contributed by atoms with Gasteiger partial charge in [-0.2, -0.15) is 0 Å². The molecule has 1 fully saturated rings. The predicted molar refractivity (Wildman–Crippen MR) is 70.1 cm³/mol. The Kier molecular flexibility index (Phi) is 4.39. The van der Waals surface area contributed by atoms with Crippen molar-refractivity contribution in [3.8, 4) is 5.75 Å². The van der Waals surface area contributed by atoms with Crippen LogP contribution in [0.5, 0.6) is 5.75 Å². The minimum atomic E-state index is 0.00833. The Morgan fingerprint density at radius 3 is 2.65 bits per heavy atom. The van der Waals surface area contributed by atoms with Crippen LogP contribution in [0.3, 0.4) is 0 Å². The molecule has 2 rings (SSSR count). The van der Waals surface area contributed by atoms with Gasteiger partial charge in [-0.25, -0.2) is 0 Å². The molecule has 0 spiro atoms. The van der Waals surface area contributed by atoms with Crippen molar-refractivity contribution in [2.75, 3.05) is 32.8 Å². The quantitative estimate of drug-likeness (QED) is 0.782. The van der Waals surface area contributed by atoms with Crippen LogP contribution >= 0.6 is 15.9 Å². The van der Waals surface area contributed by atoms with Crippen LogP contribution in [-0.4, -0.2) is 47.9 Å². The van der Waals surface area contributed by atoms with Crippen LogP contribution in [-0.2, 0) is 0 Å². The number of rotatable bonds is 3. The smallest absolute Gasteiger partial charge is 0.129 e. The monoisotopic (exact) mass is 300 g/mol. The number of phenolic OH excluding ortho intramolecular Hbond substituents is 1. The van der Waals surface area contributed by atoms with Gasteiger partial charge in [0.25, 0.3) is 0 Å². The molecule has 1 atom stereocenters. The molecule has 5 heteroatoms. The van der Waals surface area contributed by atoms with Crippen LogP contribution in [0.25, 0.3) is 0 Å². The van der Waals surface area contributed by atoms with E-state index in [-0.39, 0.29) is 18.4 Å². The van der Waals surface area contributed by atoms with Gasteiger partial charge in [-0.1, -0.05) is 6.07 Å². The first-order chi connectivity index (χ1) is 8.22. The largest absolute Gasteiger partial charge is 0.507 e. The molecular formula is C12H17BrN2O2. The molecule has 17 heavy (non-hydrogen) atoms. The number of piperazine rings is 1. The molecular weight excluding hydrogens is 284 g/mol. The summed E-state index contributed by atoms with van der Waals surface area (Å²) < 4.78 is 0.670. The molecule has 94 valence electrons. The molecule has 1 aromatic carbocycles. The highest BCUT2D eigenvalue weighted by atomic mass is 79.9. The van der Waals surface area contributed by atoms with Crippen molar-refractivity contribution in [2.24, 2.45) is 0 Å². The number of nitrogens with one attached hydrogen (secondary N) is 1.